The third-order valence-corrected chi connectivity index (χ3v) is 3.45. The summed E-state index contributed by atoms with van der Waals surface area (Å²) in [6.45, 7) is 0. The standard InChI is InChI=1S/C16H9ClF4N2O/c17-10-3-6-12(13(18)7-10)15-14(8-22-23-15)24-11-4-1-9(2-5-11)16(19,20)21/h1-8H,(H,22,23). The second-order valence-electron chi connectivity index (χ2n) is 4.86. The van der Waals surface area contributed by atoms with E-state index in [4.69, 9.17) is 16.3 Å². The molecule has 0 amide bonds. The lowest BCUT2D eigenvalue weighted by molar-refractivity contribution is -0.137. The monoisotopic (exact) mass is 356 g/mol. The van der Waals surface area contributed by atoms with E-state index in [0.29, 0.717) is 0 Å². The first-order valence-electron chi connectivity index (χ1n) is 6.68. The lowest BCUT2D eigenvalue weighted by Gasteiger charge is -2.09. The molecule has 1 N–H and O–H groups in total. The summed E-state index contributed by atoms with van der Waals surface area (Å²) in [5, 5.41) is 6.62. The Morgan fingerprint density at radius 1 is 1.04 bits per heavy atom. The largest absolute Gasteiger partial charge is 0.453 e. The number of hydrogen-bond donors (Lipinski definition) is 1. The molecule has 0 unspecified atom stereocenters. The van der Waals surface area contributed by atoms with Crippen LogP contribution in [0, 0.1) is 5.82 Å². The van der Waals surface area contributed by atoms with Crippen LogP contribution >= 0.6 is 11.6 Å². The Labute approximate surface area is 138 Å². The van der Waals surface area contributed by atoms with Gasteiger partial charge >= 0.3 is 6.18 Å². The number of nitrogens with zero attached hydrogens (tertiary/aromatic N) is 1. The second kappa shape index (κ2) is 6.16. The highest BCUT2D eigenvalue weighted by Gasteiger charge is 2.30. The zero-order valence-electron chi connectivity index (χ0n) is 11.9. The van der Waals surface area contributed by atoms with Gasteiger partial charge < -0.3 is 4.74 Å². The average Bonchev–Trinajstić information content (AvgIpc) is 2.95. The molecule has 0 saturated carbocycles. The molecule has 3 rings (SSSR count). The first-order chi connectivity index (χ1) is 11.3. The Kier molecular flexibility index (Phi) is 4.19. The molecule has 3 nitrogen and oxygen atoms in total. The van der Waals surface area contributed by atoms with Crippen LogP contribution in [0.3, 0.4) is 0 Å². The summed E-state index contributed by atoms with van der Waals surface area (Å²) in [7, 11) is 0. The molecular weight excluding hydrogens is 348 g/mol. The first kappa shape index (κ1) is 16.3. The van der Waals surface area contributed by atoms with Crippen LogP contribution in [0.1, 0.15) is 5.56 Å². The number of H-pyrrole nitrogens is 1. The Morgan fingerprint density at radius 3 is 2.38 bits per heavy atom. The number of nitrogens with one attached hydrogen (secondary N) is 1. The van der Waals surface area contributed by atoms with Crippen molar-refractivity contribution in [1.29, 1.82) is 0 Å². The molecule has 124 valence electrons. The summed E-state index contributed by atoms with van der Waals surface area (Å²) in [6.07, 6.45) is -3.12. The number of hydrogen-bond acceptors (Lipinski definition) is 2. The van der Waals surface area contributed by atoms with Gasteiger partial charge in [0.2, 0.25) is 0 Å². The highest BCUT2D eigenvalue weighted by molar-refractivity contribution is 6.30. The maximum Gasteiger partial charge on any atom is 0.416 e. The van der Waals surface area contributed by atoms with Crippen LogP contribution in [-0.4, -0.2) is 10.2 Å². The Bertz CT molecular complexity index is 859. The fourth-order valence-electron chi connectivity index (χ4n) is 2.08. The van der Waals surface area contributed by atoms with Gasteiger partial charge in [0, 0.05) is 10.6 Å². The number of ether oxygens (including phenoxy) is 1. The van der Waals surface area contributed by atoms with Crippen molar-refractivity contribution in [3.05, 3.63) is 65.1 Å². The molecule has 1 heterocycles. The molecule has 0 spiro atoms. The molecule has 3 aromatic rings. The summed E-state index contributed by atoms with van der Waals surface area (Å²) in [4.78, 5) is 0. The van der Waals surface area contributed by atoms with Gasteiger partial charge in [0.05, 0.1) is 11.8 Å². The normalized spacial score (nSPS) is 11.5. The SMILES string of the molecule is Fc1cc(Cl)ccc1-c1[nH]ncc1Oc1ccc(C(F)(F)F)cc1. The van der Waals surface area contributed by atoms with E-state index in [-0.39, 0.29) is 27.8 Å². The van der Waals surface area contributed by atoms with Crippen molar-refractivity contribution in [3.63, 3.8) is 0 Å². The van der Waals surface area contributed by atoms with Crippen LogP contribution in [0.25, 0.3) is 11.3 Å². The Balaban J connectivity index is 1.88. The van der Waals surface area contributed by atoms with E-state index in [0.717, 1.165) is 18.2 Å². The summed E-state index contributed by atoms with van der Waals surface area (Å²) in [5.74, 6) is -0.236. The lowest BCUT2D eigenvalue weighted by atomic mass is 10.1. The molecule has 24 heavy (non-hydrogen) atoms. The van der Waals surface area contributed by atoms with Crippen LogP contribution in [0.4, 0.5) is 17.6 Å². The van der Waals surface area contributed by atoms with Crippen molar-refractivity contribution in [2.24, 2.45) is 0 Å². The predicted octanol–water partition coefficient (Wildman–Crippen LogP) is 5.68. The lowest BCUT2D eigenvalue weighted by Crippen LogP contribution is -2.04. The predicted molar refractivity (Wildman–Crippen MR) is 80.5 cm³/mol. The van der Waals surface area contributed by atoms with Crippen LogP contribution in [0.2, 0.25) is 5.02 Å². The van der Waals surface area contributed by atoms with Crippen LogP contribution in [-0.2, 0) is 6.18 Å². The molecule has 0 aliphatic rings. The summed E-state index contributed by atoms with van der Waals surface area (Å²) >= 11 is 5.71. The molecule has 0 radical (unpaired) electrons. The molecular formula is C16H9ClF4N2O. The molecule has 0 aliphatic heterocycles. The van der Waals surface area contributed by atoms with Crippen LogP contribution < -0.4 is 4.74 Å². The smallest absolute Gasteiger partial charge is 0.416 e. The van der Waals surface area contributed by atoms with Crippen LogP contribution in [0.15, 0.2) is 48.7 Å². The number of aromatic amines is 1. The van der Waals surface area contributed by atoms with E-state index >= 15 is 0 Å². The Hall–Kier alpha value is -2.54. The third kappa shape index (κ3) is 3.35. The van der Waals surface area contributed by atoms with Crippen molar-refractivity contribution in [1.82, 2.24) is 10.2 Å². The molecule has 0 aliphatic carbocycles. The quantitative estimate of drug-likeness (QED) is 0.613. The topological polar surface area (TPSA) is 37.9 Å². The maximum absolute atomic E-state index is 14.0. The van der Waals surface area contributed by atoms with Crippen molar-refractivity contribution >= 4 is 11.6 Å². The molecule has 0 saturated heterocycles. The minimum Gasteiger partial charge on any atom is -0.453 e. The zero-order valence-corrected chi connectivity index (χ0v) is 12.6. The first-order valence-corrected chi connectivity index (χ1v) is 7.06. The summed E-state index contributed by atoms with van der Waals surface area (Å²) in [5.41, 5.74) is -0.353. The van der Waals surface area contributed by atoms with Gasteiger partial charge in [0.15, 0.2) is 5.75 Å². The fraction of sp³-hybridized carbons (Fsp3) is 0.0625. The average molecular weight is 357 g/mol. The highest BCUT2D eigenvalue weighted by atomic mass is 35.5. The van der Waals surface area contributed by atoms with Crippen molar-refractivity contribution in [2.45, 2.75) is 6.18 Å². The number of aromatic nitrogens is 2. The van der Waals surface area contributed by atoms with Crippen molar-refractivity contribution < 1.29 is 22.3 Å². The molecule has 2 aromatic carbocycles. The number of alkyl halides is 3. The zero-order chi connectivity index (χ0) is 17.3. The van der Waals surface area contributed by atoms with Gasteiger partial charge in [-0.3, -0.25) is 5.10 Å². The van der Waals surface area contributed by atoms with E-state index < -0.39 is 17.6 Å². The third-order valence-electron chi connectivity index (χ3n) is 3.21. The van der Waals surface area contributed by atoms with E-state index in [2.05, 4.69) is 10.2 Å². The molecule has 8 heteroatoms. The van der Waals surface area contributed by atoms with E-state index in [1.165, 1.54) is 30.5 Å². The summed E-state index contributed by atoms with van der Waals surface area (Å²) in [6, 6.07) is 8.25. The van der Waals surface area contributed by atoms with Gasteiger partial charge in [0.25, 0.3) is 0 Å². The fourth-order valence-corrected chi connectivity index (χ4v) is 2.24. The van der Waals surface area contributed by atoms with E-state index in [9.17, 15) is 17.6 Å². The van der Waals surface area contributed by atoms with Gasteiger partial charge in [-0.1, -0.05) is 11.6 Å². The van der Waals surface area contributed by atoms with E-state index in [1.807, 2.05) is 0 Å². The number of rotatable bonds is 3. The molecule has 0 atom stereocenters. The van der Waals surface area contributed by atoms with E-state index in [1.54, 1.807) is 0 Å². The molecule has 0 bridgehead atoms. The van der Waals surface area contributed by atoms with Crippen LogP contribution in [0.5, 0.6) is 11.5 Å². The minimum absolute atomic E-state index is 0.167. The van der Waals surface area contributed by atoms with Gasteiger partial charge in [0.1, 0.15) is 17.3 Å². The van der Waals surface area contributed by atoms with Gasteiger partial charge in [-0.15, -0.1) is 0 Å². The van der Waals surface area contributed by atoms with Crippen molar-refractivity contribution in [3.8, 4) is 22.8 Å². The van der Waals surface area contributed by atoms with Crippen molar-refractivity contribution in [2.75, 3.05) is 0 Å². The van der Waals surface area contributed by atoms with Gasteiger partial charge in [-0.05, 0) is 42.5 Å². The highest BCUT2D eigenvalue weighted by Crippen LogP contribution is 2.35. The van der Waals surface area contributed by atoms with Gasteiger partial charge in [-0.2, -0.15) is 18.3 Å². The Morgan fingerprint density at radius 2 is 1.75 bits per heavy atom. The maximum atomic E-state index is 14.0. The molecule has 0 fully saturated rings. The number of halogens is 5. The summed E-state index contributed by atoms with van der Waals surface area (Å²) < 4.78 is 57.2. The molecule has 1 aromatic heterocycles. The van der Waals surface area contributed by atoms with Gasteiger partial charge in [-0.25, -0.2) is 4.39 Å². The number of benzene rings is 2. The second-order valence-corrected chi connectivity index (χ2v) is 5.29. The minimum atomic E-state index is -4.42.